The Bertz CT molecular complexity index is 184. The summed E-state index contributed by atoms with van der Waals surface area (Å²) in [7, 11) is 0. The Labute approximate surface area is 87.6 Å². The molecule has 1 saturated heterocycles. The van der Waals surface area contributed by atoms with Gasteiger partial charge in [-0.2, -0.15) is 0 Å². The summed E-state index contributed by atoms with van der Waals surface area (Å²) in [6.45, 7) is 1.65. The van der Waals surface area contributed by atoms with Crippen molar-refractivity contribution < 1.29 is 18.3 Å². The monoisotopic (exact) mass is 229 g/mol. The van der Waals surface area contributed by atoms with Crippen molar-refractivity contribution in [3.63, 3.8) is 0 Å². The van der Waals surface area contributed by atoms with E-state index in [1.54, 1.807) is 0 Å². The van der Waals surface area contributed by atoms with Crippen LogP contribution in [0.15, 0.2) is 0 Å². The molecule has 1 aliphatic rings. The average Bonchev–Trinajstić information content (AvgIpc) is 2.04. The molecule has 1 rings (SSSR count). The van der Waals surface area contributed by atoms with Crippen LogP contribution in [0.3, 0.4) is 0 Å². The number of carbonyl (C=O) groups is 1. The summed E-state index contributed by atoms with van der Waals surface area (Å²) in [5, 5.41) is 2.65. The average molecular weight is 230 g/mol. The van der Waals surface area contributed by atoms with Gasteiger partial charge < -0.3 is 10.1 Å². The van der Waals surface area contributed by atoms with Crippen LogP contribution in [0.2, 0.25) is 0 Å². The predicted octanol–water partition coefficient (Wildman–Crippen LogP) is 1.36. The minimum absolute atomic E-state index is 0. The van der Waals surface area contributed by atoms with E-state index in [-0.39, 0.29) is 24.5 Å². The first-order valence-electron chi connectivity index (χ1n) is 4.28. The number of piperidine rings is 1. The number of carbonyl (C=O) groups excluding carboxylic acids is 1. The van der Waals surface area contributed by atoms with E-state index in [9.17, 15) is 13.6 Å². The summed E-state index contributed by atoms with van der Waals surface area (Å²) in [5.41, 5.74) is 0. The smallest absolute Gasteiger partial charge is 0.302 e. The summed E-state index contributed by atoms with van der Waals surface area (Å²) in [6.07, 6.45) is -1.71. The van der Waals surface area contributed by atoms with Crippen molar-refractivity contribution in [2.24, 2.45) is 0 Å². The predicted molar refractivity (Wildman–Crippen MR) is 49.8 cm³/mol. The van der Waals surface area contributed by atoms with Gasteiger partial charge in [-0.15, -0.1) is 12.4 Å². The molecule has 0 bridgehead atoms. The van der Waals surface area contributed by atoms with Gasteiger partial charge in [-0.05, 0) is 12.8 Å². The fourth-order valence-corrected chi connectivity index (χ4v) is 1.40. The van der Waals surface area contributed by atoms with Gasteiger partial charge in [-0.25, -0.2) is 8.78 Å². The van der Waals surface area contributed by atoms with Crippen molar-refractivity contribution in [1.29, 1.82) is 0 Å². The zero-order valence-corrected chi connectivity index (χ0v) is 8.65. The van der Waals surface area contributed by atoms with Crippen LogP contribution in [0.4, 0.5) is 8.78 Å². The molecule has 0 aliphatic carbocycles. The zero-order chi connectivity index (χ0) is 9.84. The van der Waals surface area contributed by atoms with Crippen molar-refractivity contribution in [2.75, 3.05) is 6.54 Å². The normalized spacial score (nSPS) is 26.9. The van der Waals surface area contributed by atoms with Crippen LogP contribution in [0.25, 0.3) is 0 Å². The molecule has 84 valence electrons. The van der Waals surface area contributed by atoms with Crippen molar-refractivity contribution >= 4 is 18.4 Å². The van der Waals surface area contributed by atoms with Gasteiger partial charge in [-0.3, -0.25) is 4.79 Å². The van der Waals surface area contributed by atoms with Crippen LogP contribution in [-0.4, -0.2) is 31.1 Å². The first-order chi connectivity index (χ1) is 6.09. The lowest BCUT2D eigenvalue weighted by molar-refractivity contribution is -0.147. The second kappa shape index (κ2) is 6.14. The van der Waals surface area contributed by atoms with Crippen molar-refractivity contribution in [1.82, 2.24) is 5.32 Å². The molecule has 6 heteroatoms. The lowest BCUT2D eigenvalue weighted by Crippen LogP contribution is -2.46. The van der Waals surface area contributed by atoms with E-state index in [2.05, 4.69) is 5.32 Å². The molecule has 0 aromatic rings. The second-order valence-corrected chi connectivity index (χ2v) is 3.16. The maximum absolute atomic E-state index is 12.1. The number of halogens is 3. The molecule has 14 heavy (non-hydrogen) atoms. The fourth-order valence-electron chi connectivity index (χ4n) is 1.40. The highest BCUT2D eigenvalue weighted by atomic mass is 35.5. The zero-order valence-electron chi connectivity index (χ0n) is 7.83. The molecule has 0 saturated carbocycles. The van der Waals surface area contributed by atoms with E-state index < -0.39 is 12.5 Å². The second-order valence-electron chi connectivity index (χ2n) is 3.16. The first-order valence-corrected chi connectivity index (χ1v) is 4.28. The number of hydrogen-bond donors (Lipinski definition) is 1. The third kappa shape index (κ3) is 4.19. The number of hydrogen-bond acceptors (Lipinski definition) is 3. The van der Waals surface area contributed by atoms with Crippen molar-refractivity contribution in [3.05, 3.63) is 0 Å². The van der Waals surface area contributed by atoms with Crippen LogP contribution < -0.4 is 5.32 Å². The van der Waals surface area contributed by atoms with E-state index in [0.29, 0.717) is 19.4 Å². The fraction of sp³-hybridized carbons (Fsp3) is 0.875. The van der Waals surface area contributed by atoms with Gasteiger partial charge in [0.1, 0.15) is 6.10 Å². The van der Waals surface area contributed by atoms with Crippen LogP contribution in [0, 0.1) is 0 Å². The maximum atomic E-state index is 12.1. The molecule has 1 heterocycles. The third-order valence-corrected chi connectivity index (χ3v) is 2.04. The standard InChI is InChI=1S/C8H13F2NO2.ClH/c1-5(12)13-6-2-3-7(8(9)10)11-4-6;/h6-8,11H,2-4H2,1H3;1H. The summed E-state index contributed by atoms with van der Waals surface area (Å²) >= 11 is 0. The minimum Gasteiger partial charge on any atom is -0.461 e. The molecular formula is C8H14ClF2NO2. The van der Waals surface area contributed by atoms with E-state index in [4.69, 9.17) is 4.74 Å². The van der Waals surface area contributed by atoms with Gasteiger partial charge in [0.05, 0.1) is 6.04 Å². The molecule has 0 aromatic carbocycles. The molecule has 1 fully saturated rings. The molecule has 2 unspecified atom stereocenters. The Morgan fingerprint density at radius 3 is 2.50 bits per heavy atom. The van der Waals surface area contributed by atoms with Gasteiger partial charge in [0.15, 0.2) is 0 Å². The van der Waals surface area contributed by atoms with Gasteiger partial charge in [0, 0.05) is 13.5 Å². The first kappa shape index (κ1) is 13.6. The van der Waals surface area contributed by atoms with E-state index in [0.717, 1.165) is 0 Å². The minimum atomic E-state index is -2.33. The quantitative estimate of drug-likeness (QED) is 0.727. The molecule has 0 radical (unpaired) electrons. The van der Waals surface area contributed by atoms with Crippen LogP contribution in [0.1, 0.15) is 19.8 Å². The highest BCUT2D eigenvalue weighted by Gasteiger charge is 2.27. The molecule has 0 aromatic heterocycles. The molecule has 3 nitrogen and oxygen atoms in total. The highest BCUT2D eigenvalue weighted by molar-refractivity contribution is 5.85. The van der Waals surface area contributed by atoms with Crippen molar-refractivity contribution in [2.45, 2.75) is 38.3 Å². The molecule has 1 N–H and O–H groups in total. The van der Waals surface area contributed by atoms with Gasteiger partial charge >= 0.3 is 5.97 Å². The number of rotatable bonds is 2. The maximum Gasteiger partial charge on any atom is 0.302 e. The van der Waals surface area contributed by atoms with E-state index in [1.807, 2.05) is 0 Å². The molecular weight excluding hydrogens is 216 g/mol. The number of ether oxygens (including phenoxy) is 1. The molecule has 2 atom stereocenters. The van der Waals surface area contributed by atoms with Crippen LogP contribution in [0.5, 0.6) is 0 Å². The Morgan fingerprint density at radius 2 is 2.14 bits per heavy atom. The van der Waals surface area contributed by atoms with E-state index >= 15 is 0 Å². The van der Waals surface area contributed by atoms with Crippen molar-refractivity contribution in [3.8, 4) is 0 Å². The van der Waals surface area contributed by atoms with Gasteiger partial charge in [0.2, 0.25) is 0 Å². The number of nitrogens with one attached hydrogen (secondary N) is 1. The molecule has 0 spiro atoms. The summed E-state index contributed by atoms with van der Waals surface area (Å²) in [5.74, 6) is -0.359. The summed E-state index contributed by atoms with van der Waals surface area (Å²) in [4.78, 5) is 10.5. The molecule has 1 aliphatic heterocycles. The van der Waals surface area contributed by atoms with Crippen LogP contribution in [-0.2, 0) is 9.53 Å². The lowest BCUT2D eigenvalue weighted by Gasteiger charge is -2.28. The summed E-state index contributed by atoms with van der Waals surface area (Å²) < 4.78 is 29.2. The number of alkyl halides is 2. The van der Waals surface area contributed by atoms with Crippen LogP contribution >= 0.6 is 12.4 Å². The topological polar surface area (TPSA) is 38.3 Å². The largest absolute Gasteiger partial charge is 0.461 e. The Hall–Kier alpha value is -0.420. The Kier molecular flexibility index (Phi) is 5.95. The third-order valence-electron chi connectivity index (χ3n) is 2.04. The SMILES string of the molecule is CC(=O)OC1CCC(C(F)F)NC1.Cl. The van der Waals surface area contributed by atoms with Gasteiger partial charge in [0.25, 0.3) is 6.43 Å². The van der Waals surface area contributed by atoms with Gasteiger partial charge in [-0.1, -0.05) is 0 Å². The highest BCUT2D eigenvalue weighted by Crippen LogP contribution is 2.16. The number of esters is 1. The lowest BCUT2D eigenvalue weighted by atomic mass is 10.0. The van der Waals surface area contributed by atoms with E-state index in [1.165, 1.54) is 6.92 Å². The Balaban J connectivity index is 0.00000169. The summed E-state index contributed by atoms with van der Waals surface area (Å²) in [6, 6.07) is -0.744. The Morgan fingerprint density at radius 1 is 1.50 bits per heavy atom. The molecule has 0 amide bonds.